The Kier molecular flexibility index (Phi) is 3.31. The summed E-state index contributed by atoms with van der Waals surface area (Å²) in [6.45, 7) is 2.21. The zero-order chi connectivity index (χ0) is 10.9. The zero-order valence-corrected chi connectivity index (χ0v) is 11.2. The molecule has 0 amide bonds. The van der Waals surface area contributed by atoms with E-state index in [0.717, 1.165) is 12.8 Å². The Hall–Kier alpha value is -0.150. The average molecular weight is 287 g/mol. The van der Waals surface area contributed by atoms with Crippen LogP contribution >= 0.6 is 27.3 Å². The molecule has 0 saturated heterocycles. The maximum Gasteiger partial charge on any atom is 0.126 e. The van der Waals surface area contributed by atoms with E-state index < -0.39 is 0 Å². The molecule has 1 fully saturated rings. The number of carbonyl (C=O) groups is 1. The van der Waals surface area contributed by atoms with E-state index in [9.17, 15) is 4.79 Å². The Labute approximate surface area is 103 Å². The van der Waals surface area contributed by atoms with E-state index in [1.165, 1.54) is 28.5 Å². The van der Waals surface area contributed by atoms with Gasteiger partial charge in [0.05, 0.1) is 3.79 Å². The Bertz CT molecular complexity index is 360. The lowest BCUT2D eigenvalue weighted by Crippen LogP contribution is -2.28. The van der Waals surface area contributed by atoms with Gasteiger partial charge in [-0.15, -0.1) is 11.3 Å². The first-order valence-electron chi connectivity index (χ1n) is 5.36. The average Bonchev–Trinajstić information content (AvgIpc) is 2.77. The minimum absolute atomic E-state index is 0.0937. The fraction of sp³-hybridized carbons (Fsp3) is 0.583. The van der Waals surface area contributed by atoms with Crippen molar-refractivity contribution in [2.24, 2.45) is 11.3 Å². The molecule has 2 unspecified atom stereocenters. The third-order valence-electron chi connectivity index (χ3n) is 3.71. The number of hydrogen-bond acceptors (Lipinski definition) is 2. The fourth-order valence-corrected chi connectivity index (χ4v) is 3.79. The number of halogens is 1. The van der Waals surface area contributed by atoms with E-state index in [2.05, 4.69) is 34.3 Å². The van der Waals surface area contributed by atoms with Crippen LogP contribution in [-0.4, -0.2) is 6.29 Å². The Morgan fingerprint density at radius 1 is 1.73 bits per heavy atom. The summed E-state index contributed by atoms with van der Waals surface area (Å²) in [5.74, 6) is 0.529. The molecule has 3 heteroatoms. The summed E-state index contributed by atoms with van der Waals surface area (Å²) >= 11 is 5.25. The summed E-state index contributed by atoms with van der Waals surface area (Å²) in [6.07, 6.45) is 5.55. The van der Waals surface area contributed by atoms with Crippen molar-refractivity contribution < 1.29 is 4.79 Å². The maximum absolute atomic E-state index is 11.4. The molecular weight excluding hydrogens is 272 g/mol. The van der Waals surface area contributed by atoms with Crippen LogP contribution in [0.3, 0.4) is 0 Å². The lowest BCUT2D eigenvalue weighted by atomic mass is 9.76. The van der Waals surface area contributed by atoms with Gasteiger partial charge in [0.25, 0.3) is 0 Å². The van der Waals surface area contributed by atoms with Crippen molar-refractivity contribution in [2.45, 2.75) is 32.6 Å². The summed E-state index contributed by atoms with van der Waals surface area (Å²) in [5.41, 5.74) is 1.20. The molecule has 1 aliphatic carbocycles. The summed E-state index contributed by atoms with van der Waals surface area (Å²) < 4.78 is 1.18. The molecule has 2 rings (SSSR count). The van der Waals surface area contributed by atoms with Gasteiger partial charge in [-0.3, -0.25) is 0 Å². The van der Waals surface area contributed by atoms with Gasteiger partial charge in [-0.25, -0.2) is 0 Å². The number of rotatable bonds is 3. The van der Waals surface area contributed by atoms with E-state index >= 15 is 0 Å². The van der Waals surface area contributed by atoms with Crippen LogP contribution in [0.2, 0.25) is 0 Å². The van der Waals surface area contributed by atoms with Crippen LogP contribution in [0.1, 0.15) is 31.7 Å². The summed E-state index contributed by atoms with van der Waals surface area (Å²) in [5, 5.41) is 2.08. The highest BCUT2D eigenvalue weighted by molar-refractivity contribution is 9.11. The molecule has 0 bridgehead atoms. The van der Waals surface area contributed by atoms with Gasteiger partial charge in [0.1, 0.15) is 6.29 Å². The normalized spacial score (nSPS) is 30.7. The van der Waals surface area contributed by atoms with Crippen molar-refractivity contribution in [3.05, 3.63) is 20.8 Å². The van der Waals surface area contributed by atoms with E-state index in [4.69, 9.17) is 0 Å². The van der Waals surface area contributed by atoms with Crippen molar-refractivity contribution in [1.82, 2.24) is 0 Å². The van der Waals surface area contributed by atoms with Crippen molar-refractivity contribution in [2.75, 3.05) is 0 Å². The second kappa shape index (κ2) is 4.38. The van der Waals surface area contributed by atoms with Gasteiger partial charge in [-0.05, 0) is 58.1 Å². The number of aldehydes is 1. The van der Waals surface area contributed by atoms with Crippen LogP contribution in [0.25, 0.3) is 0 Å². The van der Waals surface area contributed by atoms with Crippen molar-refractivity contribution in [3.63, 3.8) is 0 Å². The largest absolute Gasteiger partial charge is 0.303 e. The van der Waals surface area contributed by atoms with Gasteiger partial charge in [0, 0.05) is 5.41 Å². The monoisotopic (exact) mass is 286 g/mol. The Morgan fingerprint density at radius 2 is 2.53 bits per heavy atom. The molecule has 1 nitrogen and oxygen atoms in total. The lowest BCUT2D eigenvalue weighted by molar-refractivity contribution is -0.117. The molecule has 0 aromatic carbocycles. The van der Waals surface area contributed by atoms with Crippen LogP contribution < -0.4 is 0 Å². The summed E-state index contributed by atoms with van der Waals surface area (Å²) in [7, 11) is 0. The molecule has 15 heavy (non-hydrogen) atoms. The predicted octanol–water partition coefficient (Wildman–Crippen LogP) is 4.06. The van der Waals surface area contributed by atoms with Gasteiger partial charge in [0.2, 0.25) is 0 Å². The Balaban J connectivity index is 2.22. The van der Waals surface area contributed by atoms with Crippen LogP contribution in [0.15, 0.2) is 15.2 Å². The minimum Gasteiger partial charge on any atom is -0.303 e. The molecule has 2 atom stereocenters. The van der Waals surface area contributed by atoms with Crippen molar-refractivity contribution in [1.29, 1.82) is 0 Å². The van der Waals surface area contributed by atoms with E-state index in [1.54, 1.807) is 11.3 Å². The molecule has 82 valence electrons. The fourth-order valence-electron chi connectivity index (χ4n) is 2.55. The van der Waals surface area contributed by atoms with E-state index in [-0.39, 0.29) is 5.41 Å². The highest BCUT2D eigenvalue weighted by atomic mass is 79.9. The molecule has 0 N–H and O–H groups in total. The van der Waals surface area contributed by atoms with Gasteiger partial charge >= 0.3 is 0 Å². The molecule has 1 heterocycles. The van der Waals surface area contributed by atoms with Crippen LogP contribution in [0, 0.1) is 11.3 Å². The molecule has 1 saturated carbocycles. The maximum atomic E-state index is 11.4. The first-order chi connectivity index (χ1) is 7.18. The molecule has 1 aromatic heterocycles. The standard InChI is InChI=1S/C12H15BrOS/c1-9-3-2-5-12(9,8-14)7-10-4-6-15-11(10)13/h4,6,8-9H,2-3,5,7H2,1H3. The van der Waals surface area contributed by atoms with Gasteiger partial charge < -0.3 is 4.79 Å². The highest BCUT2D eigenvalue weighted by Gasteiger charge is 2.40. The minimum atomic E-state index is -0.0937. The second-order valence-corrected chi connectivity index (χ2v) is 6.77. The molecule has 1 aliphatic rings. The highest BCUT2D eigenvalue weighted by Crippen LogP contribution is 2.45. The summed E-state index contributed by atoms with van der Waals surface area (Å²) in [6, 6.07) is 2.13. The Morgan fingerprint density at radius 3 is 3.00 bits per heavy atom. The van der Waals surface area contributed by atoms with Crippen molar-refractivity contribution in [3.8, 4) is 0 Å². The second-order valence-electron chi connectivity index (χ2n) is 4.54. The van der Waals surface area contributed by atoms with Crippen molar-refractivity contribution >= 4 is 33.6 Å². The lowest BCUT2D eigenvalue weighted by Gasteiger charge is -2.27. The SMILES string of the molecule is CC1CCCC1(C=O)Cc1ccsc1Br. The molecular formula is C12H15BrOS. The quantitative estimate of drug-likeness (QED) is 0.766. The van der Waals surface area contributed by atoms with Gasteiger partial charge in [0.15, 0.2) is 0 Å². The van der Waals surface area contributed by atoms with Gasteiger partial charge in [-0.2, -0.15) is 0 Å². The zero-order valence-electron chi connectivity index (χ0n) is 8.83. The third-order valence-corrected chi connectivity index (χ3v) is 5.52. The van der Waals surface area contributed by atoms with Crippen LogP contribution in [-0.2, 0) is 11.2 Å². The predicted molar refractivity (Wildman–Crippen MR) is 67.2 cm³/mol. The van der Waals surface area contributed by atoms with E-state index in [0.29, 0.717) is 5.92 Å². The summed E-state index contributed by atoms with van der Waals surface area (Å²) in [4.78, 5) is 11.4. The topological polar surface area (TPSA) is 17.1 Å². The number of hydrogen-bond donors (Lipinski definition) is 0. The number of carbonyl (C=O) groups excluding carboxylic acids is 1. The molecule has 0 aliphatic heterocycles. The molecule has 1 aromatic rings. The molecule has 0 spiro atoms. The third kappa shape index (κ3) is 2.04. The first-order valence-corrected chi connectivity index (χ1v) is 7.03. The van der Waals surface area contributed by atoms with Crippen LogP contribution in [0.4, 0.5) is 0 Å². The van der Waals surface area contributed by atoms with Crippen LogP contribution in [0.5, 0.6) is 0 Å². The molecule has 0 radical (unpaired) electrons. The smallest absolute Gasteiger partial charge is 0.126 e. The first kappa shape index (κ1) is 11.3. The van der Waals surface area contributed by atoms with E-state index in [1.807, 2.05) is 0 Å². The van der Waals surface area contributed by atoms with Gasteiger partial charge in [-0.1, -0.05) is 13.3 Å². The number of thiophene rings is 1.